The van der Waals surface area contributed by atoms with E-state index in [9.17, 15) is 4.79 Å². The third-order valence-electron chi connectivity index (χ3n) is 6.79. The Balaban J connectivity index is 1.22. The van der Waals surface area contributed by atoms with Gasteiger partial charge in [0, 0.05) is 36.7 Å². The molecule has 0 radical (unpaired) electrons. The van der Waals surface area contributed by atoms with Gasteiger partial charge >= 0.3 is 0 Å². The first kappa shape index (κ1) is 21.0. The first-order chi connectivity index (χ1) is 15.5. The Kier molecular flexibility index (Phi) is 5.84. The molecule has 168 valence electrons. The highest BCUT2D eigenvalue weighted by molar-refractivity contribution is 5.93. The van der Waals surface area contributed by atoms with Crippen molar-refractivity contribution in [2.24, 2.45) is 13.0 Å². The maximum Gasteiger partial charge on any atom is 0.228 e. The summed E-state index contributed by atoms with van der Waals surface area (Å²) < 4.78 is 1.65. The fraction of sp³-hybridized carbons (Fsp3) is 0.522. The number of aromatic nitrogens is 5. The zero-order valence-corrected chi connectivity index (χ0v) is 18.7. The zero-order chi connectivity index (χ0) is 22.1. The van der Waals surface area contributed by atoms with E-state index < -0.39 is 0 Å². The fourth-order valence-electron chi connectivity index (χ4n) is 4.81. The van der Waals surface area contributed by atoms with Gasteiger partial charge in [-0.3, -0.25) is 9.48 Å². The molecule has 2 aliphatic rings. The van der Waals surface area contributed by atoms with E-state index in [1.54, 1.807) is 10.9 Å². The van der Waals surface area contributed by atoms with Gasteiger partial charge in [0.1, 0.15) is 11.5 Å². The third-order valence-corrected chi connectivity index (χ3v) is 6.79. The number of hydrogen-bond donors (Lipinski definition) is 1. The van der Waals surface area contributed by atoms with Gasteiger partial charge in [0.2, 0.25) is 5.91 Å². The number of aryl methyl sites for hydroxylation is 1. The van der Waals surface area contributed by atoms with E-state index in [0.29, 0.717) is 17.6 Å². The number of piperidine rings is 2. The van der Waals surface area contributed by atoms with Gasteiger partial charge in [-0.15, -0.1) is 5.10 Å². The van der Waals surface area contributed by atoms with Crippen molar-refractivity contribution in [3.05, 3.63) is 30.6 Å². The van der Waals surface area contributed by atoms with Crippen LogP contribution in [-0.2, 0) is 11.8 Å². The zero-order valence-electron chi connectivity index (χ0n) is 18.7. The van der Waals surface area contributed by atoms with Crippen LogP contribution in [0.5, 0.6) is 0 Å². The van der Waals surface area contributed by atoms with Crippen molar-refractivity contribution >= 4 is 22.6 Å². The number of carbonyl (C=O) groups excluding carboxylic acids is 1. The second-order valence-corrected chi connectivity index (χ2v) is 9.07. The molecule has 0 unspecified atom stereocenters. The molecule has 9 nitrogen and oxygen atoms in total. The molecule has 3 aromatic heterocycles. The predicted octanol–water partition coefficient (Wildman–Crippen LogP) is 2.17. The van der Waals surface area contributed by atoms with Crippen LogP contribution in [0.15, 0.2) is 30.6 Å². The number of nitrogens with one attached hydrogen (secondary N) is 1. The lowest BCUT2D eigenvalue weighted by Crippen LogP contribution is -2.48. The Morgan fingerprint density at radius 3 is 2.53 bits per heavy atom. The van der Waals surface area contributed by atoms with Gasteiger partial charge in [0.05, 0.1) is 17.4 Å². The van der Waals surface area contributed by atoms with Crippen molar-refractivity contribution < 1.29 is 4.79 Å². The number of amides is 1. The molecular weight excluding hydrogens is 404 g/mol. The van der Waals surface area contributed by atoms with Crippen molar-refractivity contribution in [1.29, 1.82) is 0 Å². The van der Waals surface area contributed by atoms with Crippen molar-refractivity contribution in [2.45, 2.75) is 31.7 Å². The smallest absolute Gasteiger partial charge is 0.228 e. The van der Waals surface area contributed by atoms with Gasteiger partial charge in [-0.25, -0.2) is 9.97 Å². The van der Waals surface area contributed by atoms with Crippen LogP contribution < -0.4 is 5.32 Å². The summed E-state index contributed by atoms with van der Waals surface area (Å²) in [6.07, 6.45) is 7.86. The van der Waals surface area contributed by atoms with Gasteiger partial charge in [0.25, 0.3) is 0 Å². The maximum atomic E-state index is 12.9. The summed E-state index contributed by atoms with van der Waals surface area (Å²) in [5.74, 6) is 0.642. The minimum Gasteiger partial charge on any atom is -0.310 e. The van der Waals surface area contributed by atoms with Crippen LogP contribution in [0.4, 0.5) is 5.82 Å². The van der Waals surface area contributed by atoms with Crippen LogP contribution in [0.25, 0.3) is 22.3 Å². The Hall–Kier alpha value is -2.91. The number of fused-ring (bicyclic) bond motifs is 1. The Morgan fingerprint density at radius 1 is 1.03 bits per heavy atom. The van der Waals surface area contributed by atoms with E-state index in [-0.39, 0.29) is 11.8 Å². The van der Waals surface area contributed by atoms with E-state index in [4.69, 9.17) is 0 Å². The molecule has 2 aliphatic heterocycles. The van der Waals surface area contributed by atoms with Crippen LogP contribution >= 0.6 is 0 Å². The number of pyridine rings is 2. The molecule has 0 aliphatic carbocycles. The van der Waals surface area contributed by atoms with Crippen LogP contribution in [-0.4, -0.2) is 79.9 Å². The molecule has 5 heterocycles. The normalized spacial score (nSPS) is 19.4. The SMILES string of the molecule is CN1CCC(N2CCC(C(=O)Nc3cc4nc(-c5cn(C)nn5)ccc4cn3)CC2)CC1. The number of rotatable bonds is 4. The number of likely N-dealkylation sites (tertiary alicyclic amines) is 2. The van der Waals surface area contributed by atoms with Crippen molar-refractivity contribution in [1.82, 2.24) is 34.8 Å². The Morgan fingerprint density at radius 2 is 1.81 bits per heavy atom. The molecule has 32 heavy (non-hydrogen) atoms. The van der Waals surface area contributed by atoms with E-state index in [1.807, 2.05) is 31.4 Å². The van der Waals surface area contributed by atoms with Gasteiger partial charge < -0.3 is 15.1 Å². The van der Waals surface area contributed by atoms with Crippen LogP contribution in [0, 0.1) is 5.92 Å². The summed E-state index contributed by atoms with van der Waals surface area (Å²) in [5, 5.41) is 12.0. The van der Waals surface area contributed by atoms with Gasteiger partial charge in [-0.1, -0.05) is 5.21 Å². The van der Waals surface area contributed by atoms with Crippen LogP contribution in [0.3, 0.4) is 0 Å². The molecular formula is C23H30N8O. The number of anilines is 1. The molecule has 0 bridgehead atoms. The minimum atomic E-state index is 0.0360. The second kappa shape index (κ2) is 8.91. The summed E-state index contributed by atoms with van der Waals surface area (Å²) in [6.45, 7) is 4.35. The van der Waals surface area contributed by atoms with Crippen LogP contribution in [0.1, 0.15) is 25.7 Å². The first-order valence-electron chi connectivity index (χ1n) is 11.4. The summed E-state index contributed by atoms with van der Waals surface area (Å²) in [7, 11) is 4.02. The summed E-state index contributed by atoms with van der Waals surface area (Å²) in [5.41, 5.74) is 2.24. The molecule has 2 fully saturated rings. The molecule has 0 saturated carbocycles. The molecule has 5 rings (SSSR count). The summed E-state index contributed by atoms with van der Waals surface area (Å²) >= 11 is 0. The molecule has 3 aromatic rings. The van der Waals surface area contributed by atoms with Crippen molar-refractivity contribution in [2.75, 3.05) is 38.5 Å². The average molecular weight is 435 g/mol. The lowest BCUT2D eigenvalue weighted by atomic mass is 9.93. The third kappa shape index (κ3) is 4.49. The molecule has 1 amide bonds. The van der Waals surface area contributed by atoms with Gasteiger partial charge in [0.15, 0.2) is 0 Å². The van der Waals surface area contributed by atoms with Crippen molar-refractivity contribution in [3.8, 4) is 11.4 Å². The first-order valence-corrected chi connectivity index (χ1v) is 11.4. The topological polar surface area (TPSA) is 92.1 Å². The largest absolute Gasteiger partial charge is 0.310 e. The van der Waals surface area contributed by atoms with Crippen molar-refractivity contribution in [3.63, 3.8) is 0 Å². The number of hydrogen-bond acceptors (Lipinski definition) is 7. The molecule has 0 atom stereocenters. The highest BCUT2D eigenvalue weighted by Gasteiger charge is 2.30. The van der Waals surface area contributed by atoms with Gasteiger partial charge in [-0.2, -0.15) is 0 Å². The monoisotopic (exact) mass is 434 g/mol. The van der Waals surface area contributed by atoms with E-state index >= 15 is 0 Å². The predicted molar refractivity (Wildman–Crippen MR) is 123 cm³/mol. The second-order valence-electron chi connectivity index (χ2n) is 9.07. The molecule has 2 saturated heterocycles. The molecule has 9 heteroatoms. The van der Waals surface area contributed by atoms with Crippen LogP contribution in [0.2, 0.25) is 0 Å². The Bertz CT molecular complexity index is 1100. The summed E-state index contributed by atoms with van der Waals surface area (Å²) in [4.78, 5) is 27.0. The Labute approximate surface area is 187 Å². The standard InChI is InChI=1S/C23H30N8O/c1-29-9-7-18(8-10-29)31-11-5-16(6-12-31)23(32)26-22-13-20-17(14-24-22)3-4-19(25-20)21-15-30(2)28-27-21/h3-4,13-16,18H,5-12H2,1-2H3,(H,24,26,32). The average Bonchev–Trinajstić information content (AvgIpc) is 3.25. The minimum absolute atomic E-state index is 0.0360. The van der Waals surface area contributed by atoms with E-state index in [2.05, 4.69) is 42.4 Å². The molecule has 1 N–H and O–H groups in total. The lowest BCUT2D eigenvalue weighted by molar-refractivity contribution is -0.121. The number of nitrogens with zero attached hydrogens (tertiary/aromatic N) is 7. The lowest BCUT2D eigenvalue weighted by Gasteiger charge is -2.40. The van der Waals surface area contributed by atoms with Gasteiger partial charge in [-0.05, 0) is 71.0 Å². The molecule has 0 spiro atoms. The van der Waals surface area contributed by atoms with E-state index in [1.165, 1.54) is 25.9 Å². The van der Waals surface area contributed by atoms with E-state index in [0.717, 1.165) is 42.5 Å². The quantitative estimate of drug-likeness (QED) is 0.673. The highest BCUT2D eigenvalue weighted by Crippen LogP contribution is 2.25. The highest BCUT2D eigenvalue weighted by atomic mass is 16.1. The summed E-state index contributed by atoms with van der Waals surface area (Å²) in [6, 6.07) is 6.38. The fourth-order valence-corrected chi connectivity index (χ4v) is 4.81. The number of carbonyl (C=O) groups is 1. The maximum absolute atomic E-state index is 12.9. The molecule has 0 aromatic carbocycles.